The first-order chi connectivity index (χ1) is 9.02. The summed E-state index contributed by atoms with van der Waals surface area (Å²) in [5.74, 6) is 1.01. The largest absolute Gasteiger partial charge is 0.0654 e. The Morgan fingerprint density at radius 3 is 2.42 bits per heavy atom. The highest BCUT2D eigenvalue weighted by atomic mass is 14.4. The van der Waals surface area contributed by atoms with Gasteiger partial charge in [-0.2, -0.15) is 0 Å². The third-order valence-corrected chi connectivity index (χ3v) is 5.12. The lowest BCUT2D eigenvalue weighted by atomic mass is 9.67. The Morgan fingerprint density at radius 2 is 1.84 bits per heavy atom. The van der Waals surface area contributed by atoms with Crippen molar-refractivity contribution in [1.82, 2.24) is 0 Å². The minimum absolute atomic E-state index is 0.546. The third-order valence-electron chi connectivity index (χ3n) is 5.12. The van der Waals surface area contributed by atoms with Crippen LogP contribution in [-0.4, -0.2) is 0 Å². The minimum Gasteiger partial charge on any atom is -0.0654 e. The second kappa shape index (κ2) is 6.11. The quantitative estimate of drug-likeness (QED) is 0.636. The van der Waals surface area contributed by atoms with Gasteiger partial charge in [0.1, 0.15) is 0 Å². The van der Waals surface area contributed by atoms with E-state index in [2.05, 4.69) is 45.9 Å². The van der Waals surface area contributed by atoms with Crippen LogP contribution in [0.25, 0.3) is 0 Å². The van der Waals surface area contributed by atoms with E-state index in [1.54, 1.807) is 5.56 Å². The summed E-state index contributed by atoms with van der Waals surface area (Å²) in [6.45, 7) is 9.29. The van der Waals surface area contributed by atoms with Crippen LogP contribution >= 0.6 is 0 Å². The molecule has 0 spiro atoms. The summed E-state index contributed by atoms with van der Waals surface area (Å²) in [6, 6.07) is 6.96. The number of aryl methyl sites for hydroxylation is 2. The molecule has 0 radical (unpaired) electrons. The molecule has 1 saturated carbocycles. The molecular formula is C19H30. The van der Waals surface area contributed by atoms with Crippen LogP contribution in [0.15, 0.2) is 18.2 Å². The summed E-state index contributed by atoms with van der Waals surface area (Å²) in [6.07, 6.45) is 9.83. The molecule has 0 bridgehead atoms. The highest BCUT2D eigenvalue weighted by Gasteiger charge is 2.31. The van der Waals surface area contributed by atoms with Gasteiger partial charge in [-0.15, -0.1) is 0 Å². The molecule has 0 nitrogen and oxygen atoms in total. The van der Waals surface area contributed by atoms with E-state index in [1.165, 1.54) is 56.1 Å². The van der Waals surface area contributed by atoms with Gasteiger partial charge in [-0.1, -0.05) is 50.5 Å². The SMILES string of the molecule is CCCC1CCC(C)(Cc2ccc(C)cc2C)CC1. The summed E-state index contributed by atoms with van der Waals surface area (Å²) in [5.41, 5.74) is 4.99. The summed E-state index contributed by atoms with van der Waals surface area (Å²) < 4.78 is 0. The lowest BCUT2D eigenvalue weighted by Crippen LogP contribution is -2.27. The fourth-order valence-corrected chi connectivity index (χ4v) is 3.75. The normalized spacial score (nSPS) is 27.5. The lowest BCUT2D eigenvalue weighted by Gasteiger charge is -2.38. The Hall–Kier alpha value is -0.780. The fourth-order valence-electron chi connectivity index (χ4n) is 3.75. The zero-order valence-corrected chi connectivity index (χ0v) is 13.3. The van der Waals surface area contributed by atoms with E-state index in [9.17, 15) is 0 Å². The zero-order chi connectivity index (χ0) is 13.9. The molecule has 0 N–H and O–H groups in total. The highest BCUT2D eigenvalue weighted by molar-refractivity contribution is 5.31. The summed E-state index contributed by atoms with van der Waals surface area (Å²) in [4.78, 5) is 0. The molecule has 1 aromatic carbocycles. The smallest absolute Gasteiger partial charge is 0.0222 e. The predicted molar refractivity (Wildman–Crippen MR) is 84.6 cm³/mol. The Balaban J connectivity index is 1.99. The van der Waals surface area contributed by atoms with E-state index in [-0.39, 0.29) is 0 Å². The number of benzene rings is 1. The second-order valence-electron chi connectivity index (χ2n) is 7.15. The van der Waals surface area contributed by atoms with Crippen molar-refractivity contribution in [2.24, 2.45) is 11.3 Å². The monoisotopic (exact) mass is 258 g/mol. The van der Waals surface area contributed by atoms with Gasteiger partial charge in [0.25, 0.3) is 0 Å². The first-order valence-corrected chi connectivity index (χ1v) is 8.08. The average Bonchev–Trinajstić information content (AvgIpc) is 2.36. The molecule has 1 aromatic rings. The van der Waals surface area contributed by atoms with Crippen molar-refractivity contribution in [2.75, 3.05) is 0 Å². The van der Waals surface area contributed by atoms with E-state index in [1.807, 2.05) is 0 Å². The Morgan fingerprint density at radius 1 is 1.16 bits per heavy atom. The molecule has 1 aliphatic rings. The molecule has 1 fully saturated rings. The van der Waals surface area contributed by atoms with Crippen LogP contribution in [0.3, 0.4) is 0 Å². The third kappa shape index (κ3) is 3.84. The molecule has 2 rings (SSSR count). The maximum atomic E-state index is 2.51. The topological polar surface area (TPSA) is 0 Å². The van der Waals surface area contributed by atoms with Gasteiger partial charge in [-0.3, -0.25) is 0 Å². The van der Waals surface area contributed by atoms with E-state index < -0.39 is 0 Å². The molecule has 0 saturated heterocycles. The number of rotatable bonds is 4. The first-order valence-electron chi connectivity index (χ1n) is 8.08. The molecule has 0 atom stereocenters. The van der Waals surface area contributed by atoms with Crippen molar-refractivity contribution in [2.45, 2.75) is 72.6 Å². The maximum absolute atomic E-state index is 2.51. The van der Waals surface area contributed by atoms with Crippen molar-refractivity contribution in [1.29, 1.82) is 0 Å². The van der Waals surface area contributed by atoms with Crippen LogP contribution in [0.5, 0.6) is 0 Å². The highest BCUT2D eigenvalue weighted by Crippen LogP contribution is 2.42. The maximum Gasteiger partial charge on any atom is -0.0222 e. The summed E-state index contributed by atoms with van der Waals surface area (Å²) >= 11 is 0. The van der Waals surface area contributed by atoms with Crippen molar-refractivity contribution in [3.05, 3.63) is 34.9 Å². The van der Waals surface area contributed by atoms with Gasteiger partial charge in [0.05, 0.1) is 0 Å². The van der Waals surface area contributed by atoms with Crippen LogP contribution in [0, 0.1) is 25.2 Å². The Labute approximate surface area is 119 Å². The zero-order valence-electron chi connectivity index (χ0n) is 13.3. The van der Waals surface area contributed by atoms with Crippen LogP contribution in [0.2, 0.25) is 0 Å². The lowest BCUT2D eigenvalue weighted by molar-refractivity contribution is 0.163. The van der Waals surface area contributed by atoms with Gasteiger partial charge in [0.15, 0.2) is 0 Å². The van der Waals surface area contributed by atoms with Crippen molar-refractivity contribution in [3.8, 4) is 0 Å². The Bertz CT molecular complexity index is 408. The molecule has 0 unspecified atom stereocenters. The van der Waals surface area contributed by atoms with Gasteiger partial charge in [0, 0.05) is 0 Å². The van der Waals surface area contributed by atoms with Crippen LogP contribution < -0.4 is 0 Å². The van der Waals surface area contributed by atoms with Crippen molar-refractivity contribution < 1.29 is 0 Å². The summed E-state index contributed by atoms with van der Waals surface area (Å²) in [5, 5.41) is 0. The van der Waals surface area contributed by atoms with E-state index in [0.29, 0.717) is 5.41 Å². The van der Waals surface area contributed by atoms with E-state index in [0.717, 1.165) is 5.92 Å². The second-order valence-corrected chi connectivity index (χ2v) is 7.15. The molecule has 0 heteroatoms. The molecule has 0 aliphatic heterocycles. The van der Waals surface area contributed by atoms with E-state index >= 15 is 0 Å². The van der Waals surface area contributed by atoms with Crippen LogP contribution in [0.1, 0.15) is 69.1 Å². The van der Waals surface area contributed by atoms with Gasteiger partial charge < -0.3 is 0 Å². The van der Waals surface area contributed by atoms with Crippen LogP contribution in [0.4, 0.5) is 0 Å². The molecule has 106 valence electrons. The van der Waals surface area contributed by atoms with Crippen LogP contribution in [-0.2, 0) is 6.42 Å². The number of hydrogen-bond donors (Lipinski definition) is 0. The molecule has 0 heterocycles. The number of hydrogen-bond acceptors (Lipinski definition) is 0. The fraction of sp³-hybridized carbons (Fsp3) is 0.684. The minimum atomic E-state index is 0.546. The summed E-state index contributed by atoms with van der Waals surface area (Å²) in [7, 11) is 0. The van der Waals surface area contributed by atoms with Gasteiger partial charge in [-0.25, -0.2) is 0 Å². The molecule has 0 aromatic heterocycles. The van der Waals surface area contributed by atoms with Crippen molar-refractivity contribution in [3.63, 3.8) is 0 Å². The molecule has 19 heavy (non-hydrogen) atoms. The van der Waals surface area contributed by atoms with E-state index in [4.69, 9.17) is 0 Å². The van der Waals surface area contributed by atoms with Gasteiger partial charge >= 0.3 is 0 Å². The van der Waals surface area contributed by atoms with Crippen molar-refractivity contribution >= 4 is 0 Å². The standard InChI is InChI=1S/C19H30/c1-5-6-17-9-11-19(4,12-10-17)14-18-8-7-15(2)13-16(18)3/h7-8,13,17H,5-6,9-12,14H2,1-4H3. The molecule has 1 aliphatic carbocycles. The molecule has 0 amide bonds. The van der Waals surface area contributed by atoms with Gasteiger partial charge in [-0.05, 0) is 68.4 Å². The van der Waals surface area contributed by atoms with Gasteiger partial charge in [0.2, 0.25) is 0 Å². The predicted octanol–water partition coefficient (Wildman–Crippen LogP) is 5.84. The average molecular weight is 258 g/mol. The Kier molecular flexibility index (Phi) is 4.71. The first kappa shape index (κ1) is 14.6. The molecular weight excluding hydrogens is 228 g/mol.